The molecule has 7 rings (SSSR count). The molecule has 1 aliphatic heterocycles. The summed E-state index contributed by atoms with van der Waals surface area (Å²) < 4.78 is 79.1. The van der Waals surface area contributed by atoms with Crippen molar-refractivity contribution in [1.29, 1.82) is 0 Å². The van der Waals surface area contributed by atoms with Gasteiger partial charge in [0.25, 0.3) is 0 Å². The van der Waals surface area contributed by atoms with Crippen LogP contribution in [0.25, 0.3) is 33.3 Å². The number of carbonyl (C=O) groups excluding carboxylic acids is 4. The maximum Gasteiger partial charge on any atom is 0.471 e. The fourth-order valence-electron chi connectivity index (χ4n) is 7.35. The highest BCUT2D eigenvalue weighted by atomic mass is 32.2. The van der Waals surface area contributed by atoms with Crippen molar-refractivity contribution in [3.63, 3.8) is 0 Å². The van der Waals surface area contributed by atoms with Gasteiger partial charge in [0, 0.05) is 29.4 Å². The number of nitrogens with one attached hydrogen (secondary N) is 2. The van der Waals surface area contributed by atoms with Crippen LogP contribution in [0.1, 0.15) is 63.4 Å². The number of aryl methyl sites for hydroxylation is 1. The summed E-state index contributed by atoms with van der Waals surface area (Å²) in [6.45, 7) is 1.76. The van der Waals surface area contributed by atoms with Crippen LogP contribution in [0.5, 0.6) is 5.75 Å². The fourth-order valence-corrected chi connectivity index (χ4v) is 8.71. The molecule has 2 saturated carbocycles. The van der Waals surface area contributed by atoms with E-state index in [2.05, 4.69) is 4.72 Å². The van der Waals surface area contributed by atoms with Crippen LogP contribution >= 0.6 is 0 Å². The van der Waals surface area contributed by atoms with E-state index in [4.69, 9.17) is 19.9 Å². The molecule has 5 atom stereocenters. The molecule has 1 saturated heterocycles. The number of halogens is 3. The van der Waals surface area contributed by atoms with Crippen molar-refractivity contribution in [3.05, 3.63) is 72.3 Å². The van der Waals surface area contributed by atoms with Crippen molar-refractivity contribution in [2.45, 2.75) is 94.3 Å². The zero-order valence-electron chi connectivity index (χ0n) is 31.7. The van der Waals surface area contributed by atoms with E-state index in [0.717, 1.165) is 21.4 Å². The Kier molecular flexibility index (Phi) is 11.5. The Morgan fingerprint density at radius 2 is 1.79 bits per heavy atom. The smallest absolute Gasteiger partial charge is 0.471 e. The van der Waals surface area contributed by atoms with Crippen molar-refractivity contribution in [2.75, 3.05) is 6.54 Å². The van der Waals surface area contributed by atoms with Gasteiger partial charge in [-0.05, 0) is 63.5 Å². The number of sulfonamides is 1. The summed E-state index contributed by atoms with van der Waals surface area (Å²) in [5.41, 5.74) is 9.60. The summed E-state index contributed by atoms with van der Waals surface area (Å²) in [5.74, 6) is -4.73. The van der Waals surface area contributed by atoms with Crippen LogP contribution in [0.2, 0.25) is 0 Å². The van der Waals surface area contributed by atoms with E-state index in [1.807, 2.05) is 66.9 Å². The monoisotopic (exact) mass is 823 g/mol. The lowest BCUT2D eigenvalue weighted by atomic mass is 10.0. The summed E-state index contributed by atoms with van der Waals surface area (Å²) in [7, 11) is -3.61. The quantitative estimate of drug-likeness (QED) is 0.0956. The predicted octanol–water partition coefficient (Wildman–Crippen LogP) is 5.59. The Bertz CT molecular complexity index is 2360. The van der Waals surface area contributed by atoms with Crippen molar-refractivity contribution in [1.82, 2.24) is 19.9 Å². The fraction of sp³-hybridized carbons (Fsp3) is 0.439. The van der Waals surface area contributed by atoms with E-state index in [-0.39, 0.29) is 37.5 Å². The Morgan fingerprint density at radius 1 is 1.05 bits per heavy atom. The number of ether oxygens (including phenoxy) is 1. The highest BCUT2D eigenvalue weighted by Crippen LogP contribution is 2.41. The molecule has 0 radical (unpaired) electrons. The maximum atomic E-state index is 13.9. The maximum absolute atomic E-state index is 13.9. The van der Waals surface area contributed by atoms with Gasteiger partial charge in [-0.3, -0.25) is 23.9 Å². The number of unbranched alkanes of at least 4 members (excludes halogenated alkanes) is 3. The minimum atomic E-state index is -5.25. The predicted molar refractivity (Wildman–Crippen MR) is 207 cm³/mol. The number of hydrogen-bond acceptors (Lipinski definition) is 9. The highest BCUT2D eigenvalue weighted by molar-refractivity contribution is 7.90. The molecule has 3 fully saturated rings. The van der Waals surface area contributed by atoms with Gasteiger partial charge in [-0.25, -0.2) is 13.4 Å². The first-order valence-corrected chi connectivity index (χ1v) is 20.9. The summed E-state index contributed by atoms with van der Waals surface area (Å²) in [4.78, 5) is 57.0. The van der Waals surface area contributed by atoms with Gasteiger partial charge < -0.3 is 25.1 Å². The van der Waals surface area contributed by atoms with Crippen molar-refractivity contribution >= 4 is 55.7 Å². The average molecular weight is 824 g/mol. The second kappa shape index (κ2) is 16.4. The number of furan rings is 1. The van der Waals surface area contributed by atoms with Gasteiger partial charge in [0.15, 0.2) is 11.3 Å². The van der Waals surface area contributed by atoms with Gasteiger partial charge in [0.05, 0.1) is 17.5 Å². The molecule has 4 aromatic rings. The van der Waals surface area contributed by atoms with E-state index in [0.29, 0.717) is 60.9 Å². The molecule has 308 valence electrons. The van der Waals surface area contributed by atoms with Gasteiger partial charge in [-0.2, -0.15) is 13.2 Å². The Hall–Kier alpha value is -5.45. The number of pyridine rings is 1. The SMILES string of the molecule is Cc1ccc(-c2cc(O[C@@H]3C[C@@H](C(N)=O)N(C(=O)[C@H](CCCCC/C=C\[C@@H]4C[C@@H]4C(=O)NS(=O)(=O)C4CC4)NC(=O)C(F)(F)F)C3)c3oc4ccccc4c3n2)cc1. The topological polar surface area (TPSA) is 191 Å². The van der Waals surface area contributed by atoms with E-state index < -0.39 is 69.2 Å². The minimum Gasteiger partial charge on any atom is -0.484 e. The molecule has 13 nitrogen and oxygen atoms in total. The number of primary amides is 1. The van der Waals surface area contributed by atoms with Crippen LogP contribution in [-0.2, 0) is 29.2 Å². The van der Waals surface area contributed by atoms with Crippen LogP contribution in [-0.4, -0.2) is 78.1 Å². The van der Waals surface area contributed by atoms with E-state index in [9.17, 15) is 40.8 Å². The number of hydrogen-bond donors (Lipinski definition) is 3. The van der Waals surface area contributed by atoms with E-state index in [1.54, 1.807) is 12.1 Å². The van der Waals surface area contributed by atoms with Crippen LogP contribution in [0.3, 0.4) is 0 Å². The number of benzene rings is 2. The third-order valence-electron chi connectivity index (χ3n) is 10.8. The van der Waals surface area contributed by atoms with Crippen LogP contribution < -0.4 is 20.5 Å². The largest absolute Gasteiger partial charge is 0.484 e. The summed E-state index contributed by atoms with van der Waals surface area (Å²) >= 11 is 0. The molecule has 2 aromatic carbocycles. The van der Waals surface area contributed by atoms with Crippen molar-refractivity contribution in [3.8, 4) is 17.0 Å². The first kappa shape index (κ1) is 40.7. The third kappa shape index (κ3) is 9.30. The van der Waals surface area contributed by atoms with Crippen LogP contribution in [0.4, 0.5) is 13.2 Å². The number of nitrogens with two attached hydrogens (primary N) is 1. The van der Waals surface area contributed by atoms with Gasteiger partial charge in [0.2, 0.25) is 27.7 Å². The van der Waals surface area contributed by atoms with Gasteiger partial charge in [-0.1, -0.05) is 67.0 Å². The Labute approximate surface area is 332 Å². The number of aromatic nitrogens is 1. The second-order valence-electron chi connectivity index (χ2n) is 15.3. The van der Waals surface area contributed by atoms with Crippen LogP contribution in [0, 0.1) is 18.8 Å². The van der Waals surface area contributed by atoms with Gasteiger partial charge in [0.1, 0.15) is 29.3 Å². The number of nitrogens with zero attached hydrogens (tertiary/aromatic N) is 2. The summed E-state index contributed by atoms with van der Waals surface area (Å²) in [6, 6.07) is 13.9. The standard InChI is InChI=1S/C41H44F3N5O8S/c1-23-13-15-24(16-14-23)31-21-34(36-35(46-31)28-10-7-8-12-33(28)57-36)56-26-20-32(37(45)50)49(22-26)39(52)30(47-40(53)41(42,43)44)11-6-4-2-3-5-9-25-19-29(25)38(51)48-58(54,55)27-17-18-27/h5,7-10,12-16,21,25-27,29-30,32H,2-4,6,11,17-20,22H2,1H3,(H2,45,50)(H,47,53)(H,48,51)/b9-5-/t25-,26-,29+,30+,32+/m1/s1. The second-order valence-corrected chi connectivity index (χ2v) is 17.3. The summed E-state index contributed by atoms with van der Waals surface area (Å²) in [5, 5.41) is 2.08. The normalized spacial score (nSPS) is 21.3. The van der Waals surface area contributed by atoms with E-state index >= 15 is 0 Å². The minimum absolute atomic E-state index is 0.0584. The highest BCUT2D eigenvalue weighted by Gasteiger charge is 2.46. The molecule has 17 heteroatoms. The molecule has 3 heterocycles. The first-order chi connectivity index (χ1) is 27.6. The molecule has 3 aliphatic rings. The Balaban J connectivity index is 1.00. The number of likely N-dealkylation sites (tertiary alicyclic amines) is 1. The van der Waals surface area contributed by atoms with Gasteiger partial charge in [-0.15, -0.1) is 0 Å². The third-order valence-corrected chi connectivity index (χ3v) is 12.6. The zero-order valence-corrected chi connectivity index (χ0v) is 32.5. The lowest BCUT2D eigenvalue weighted by molar-refractivity contribution is -0.175. The molecular formula is C41H44F3N5O8S. The molecule has 0 unspecified atom stereocenters. The summed E-state index contributed by atoms with van der Waals surface area (Å²) in [6.07, 6.45) is 1.05. The average Bonchev–Trinajstić information content (AvgIpc) is 4.10. The molecule has 4 N–H and O–H groups in total. The first-order valence-electron chi connectivity index (χ1n) is 19.3. The number of alkyl halides is 3. The Morgan fingerprint density at radius 3 is 2.50 bits per heavy atom. The lowest BCUT2D eigenvalue weighted by Crippen LogP contribution is -2.54. The zero-order chi connectivity index (χ0) is 41.4. The molecule has 2 aromatic heterocycles. The molecule has 0 bridgehead atoms. The van der Waals surface area contributed by atoms with Crippen LogP contribution in [0.15, 0.2) is 71.2 Å². The number of fused-ring (bicyclic) bond motifs is 3. The number of para-hydroxylation sites is 1. The number of amides is 4. The molecule has 2 aliphatic carbocycles. The number of allylic oxidation sites excluding steroid dienone is 2. The van der Waals surface area contributed by atoms with Crippen molar-refractivity contribution in [2.24, 2.45) is 17.6 Å². The number of carbonyl (C=O) groups is 4. The van der Waals surface area contributed by atoms with Gasteiger partial charge >= 0.3 is 12.1 Å². The molecule has 58 heavy (non-hydrogen) atoms. The van der Waals surface area contributed by atoms with Crippen molar-refractivity contribution < 1.29 is 49.9 Å². The van der Waals surface area contributed by atoms with E-state index in [1.165, 1.54) is 0 Å². The molecule has 0 spiro atoms. The lowest BCUT2D eigenvalue weighted by Gasteiger charge is -2.28. The number of rotatable bonds is 16. The molecular weight excluding hydrogens is 780 g/mol. The molecule has 4 amide bonds.